The van der Waals surface area contributed by atoms with Crippen molar-refractivity contribution in [3.05, 3.63) is 54.1 Å². The fraction of sp³-hybridized carbons (Fsp3) is 0.182. The van der Waals surface area contributed by atoms with Crippen LogP contribution in [0.3, 0.4) is 0 Å². The molecule has 0 radical (unpaired) electrons. The van der Waals surface area contributed by atoms with Crippen LogP contribution in [0.25, 0.3) is 0 Å². The molecule has 0 aliphatic carbocycles. The van der Waals surface area contributed by atoms with Gasteiger partial charge >= 0.3 is 0 Å². The molecule has 0 saturated heterocycles. The van der Waals surface area contributed by atoms with Gasteiger partial charge in [0.2, 0.25) is 0 Å². The van der Waals surface area contributed by atoms with Gasteiger partial charge in [-0.3, -0.25) is 0 Å². The number of hydrogen-bond acceptors (Lipinski definition) is 1. The van der Waals surface area contributed by atoms with Crippen molar-refractivity contribution in [1.29, 1.82) is 0 Å². The minimum atomic E-state index is 0.891. The molecule has 1 heterocycles. The maximum atomic E-state index is 4.03. The zero-order valence-electron chi connectivity index (χ0n) is 7.73. The molecule has 1 aromatic heterocycles. The van der Waals surface area contributed by atoms with Crippen molar-refractivity contribution in [2.45, 2.75) is 11.9 Å². The predicted molar refractivity (Wildman–Crippen MR) is 60.4 cm³/mol. The summed E-state index contributed by atoms with van der Waals surface area (Å²) >= 11 is 3.49. The molecular weight excluding hydrogens is 240 g/mol. The van der Waals surface area contributed by atoms with Gasteiger partial charge in [0.25, 0.3) is 0 Å². The summed E-state index contributed by atoms with van der Waals surface area (Å²) in [6.45, 7) is 0.891. The standard InChI is InChI=1S/C11H11BrN2/c12-7-10-3-1-2-4-11(10)8-14-6-5-13-9-14/h1-6,9H,7-8H2. The number of nitrogens with zero attached hydrogens (tertiary/aromatic N) is 2. The summed E-state index contributed by atoms with van der Waals surface area (Å²) in [7, 11) is 0. The fourth-order valence-electron chi connectivity index (χ4n) is 1.42. The predicted octanol–water partition coefficient (Wildman–Crippen LogP) is 2.83. The van der Waals surface area contributed by atoms with Gasteiger partial charge in [0.1, 0.15) is 0 Å². The maximum absolute atomic E-state index is 4.03. The third-order valence-electron chi connectivity index (χ3n) is 2.17. The van der Waals surface area contributed by atoms with E-state index < -0.39 is 0 Å². The monoisotopic (exact) mass is 250 g/mol. The molecule has 2 aromatic rings. The zero-order chi connectivity index (χ0) is 9.80. The van der Waals surface area contributed by atoms with Gasteiger partial charge in [0.15, 0.2) is 0 Å². The van der Waals surface area contributed by atoms with Crippen molar-refractivity contribution in [1.82, 2.24) is 9.55 Å². The lowest BCUT2D eigenvalue weighted by Gasteiger charge is -2.07. The summed E-state index contributed by atoms with van der Waals surface area (Å²) in [5.41, 5.74) is 2.67. The van der Waals surface area contributed by atoms with Crippen LogP contribution in [0.5, 0.6) is 0 Å². The SMILES string of the molecule is BrCc1ccccc1Cn1ccnc1. The topological polar surface area (TPSA) is 17.8 Å². The van der Waals surface area contributed by atoms with Crippen molar-refractivity contribution in [3.8, 4) is 0 Å². The largest absolute Gasteiger partial charge is 0.333 e. The van der Waals surface area contributed by atoms with Crippen LogP contribution in [-0.2, 0) is 11.9 Å². The first-order chi connectivity index (χ1) is 6.90. The van der Waals surface area contributed by atoms with Crippen LogP contribution in [0.4, 0.5) is 0 Å². The second kappa shape index (κ2) is 4.42. The Balaban J connectivity index is 2.24. The molecule has 0 atom stereocenters. The Morgan fingerprint density at radius 1 is 1.21 bits per heavy atom. The highest BCUT2D eigenvalue weighted by Crippen LogP contribution is 2.13. The summed E-state index contributed by atoms with van der Waals surface area (Å²) in [6.07, 6.45) is 5.62. The highest BCUT2D eigenvalue weighted by Gasteiger charge is 2.00. The Morgan fingerprint density at radius 2 is 2.00 bits per heavy atom. The summed E-state index contributed by atoms with van der Waals surface area (Å²) in [5.74, 6) is 0. The summed E-state index contributed by atoms with van der Waals surface area (Å²) in [6, 6.07) is 8.42. The summed E-state index contributed by atoms with van der Waals surface area (Å²) in [5, 5.41) is 0.901. The quantitative estimate of drug-likeness (QED) is 0.767. The highest BCUT2D eigenvalue weighted by molar-refractivity contribution is 9.08. The van der Waals surface area contributed by atoms with Crippen molar-refractivity contribution >= 4 is 15.9 Å². The van der Waals surface area contributed by atoms with E-state index in [-0.39, 0.29) is 0 Å². The van der Waals surface area contributed by atoms with E-state index in [9.17, 15) is 0 Å². The molecule has 0 bridgehead atoms. The third-order valence-corrected chi connectivity index (χ3v) is 2.78. The zero-order valence-corrected chi connectivity index (χ0v) is 9.31. The molecule has 2 rings (SSSR count). The van der Waals surface area contributed by atoms with Gasteiger partial charge in [-0.25, -0.2) is 4.98 Å². The molecule has 3 heteroatoms. The van der Waals surface area contributed by atoms with E-state index in [2.05, 4.69) is 49.7 Å². The third kappa shape index (κ3) is 2.04. The smallest absolute Gasteiger partial charge is 0.0949 e. The van der Waals surface area contributed by atoms with E-state index in [1.807, 2.05) is 12.5 Å². The van der Waals surface area contributed by atoms with Crippen LogP contribution < -0.4 is 0 Å². The van der Waals surface area contributed by atoms with Crippen molar-refractivity contribution in [2.24, 2.45) is 0 Å². The molecule has 1 aromatic carbocycles. The number of alkyl halides is 1. The second-order valence-corrected chi connectivity index (χ2v) is 3.70. The van der Waals surface area contributed by atoms with Crippen LogP contribution in [-0.4, -0.2) is 9.55 Å². The number of hydrogen-bond donors (Lipinski definition) is 0. The van der Waals surface area contributed by atoms with Gasteiger partial charge in [0.05, 0.1) is 6.33 Å². The highest BCUT2D eigenvalue weighted by atomic mass is 79.9. The van der Waals surface area contributed by atoms with E-state index >= 15 is 0 Å². The molecule has 2 nitrogen and oxygen atoms in total. The van der Waals surface area contributed by atoms with E-state index in [4.69, 9.17) is 0 Å². The van der Waals surface area contributed by atoms with E-state index in [0.717, 1.165) is 11.9 Å². The van der Waals surface area contributed by atoms with Gasteiger partial charge in [-0.15, -0.1) is 0 Å². The van der Waals surface area contributed by atoms with Gasteiger partial charge in [-0.2, -0.15) is 0 Å². The first kappa shape index (κ1) is 9.46. The molecule has 72 valence electrons. The molecule has 0 saturated carbocycles. The average Bonchev–Trinajstić information content (AvgIpc) is 2.71. The number of rotatable bonds is 3. The lowest BCUT2D eigenvalue weighted by Crippen LogP contribution is -1.99. The normalized spacial score (nSPS) is 10.4. The number of halogens is 1. The first-order valence-corrected chi connectivity index (χ1v) is 5.61. The van der Waals surface area contributed by atoms with Crippen LogP contribution in [0, 0.1) is 0 Å². The molecule has 0 amide bonds. The van der Waals surface area contributed by atoms with Crippen LogP contribution >= 0.6 is 15.9 Å². The lowest BCUT2D eigenvalue weighted by atomic mass is 10.1. The molecule has 0 aliphatic heterocycles. The Bertz CT molecular complexity index is 395. The fourth-order valence-corrected chi connectivity index (χ4v) is 1.97. The number of aromatic nitrogens is 2. The molecule has 0 N–H and O–H groups in total. The Morgan fingerprint density at radius 3 is 2.64 bits per heavy atom. The Kier molecular flexibility index (Phi) is 2.99. The summed E-state index contributed by atoms with van der Waals surface area (Å²) in [4.78, 5) is 4.03. The van der Waals surface area contributed by atoms with Crippen LogP contribution in [0.2, 0.25) is 0 Å². The second-order valence-electron chi connectivity index (χ2n) is 3.14. The van der Waals surface area contributed by atoms with Gasteiger partial charge < -0.3 is 4.57 Å². The molecule has 0 unspecified atom stereocenters. The molecule has 0 aliphatic rings. The molecular formula is C11H11BrN2. The Hall–Kier alpha value is -1.09. The van der Waals surface area contributed by atoms with E-state index in [0.29, 0.717) is 0 Å². The van der Waals surface area contributed by atoms with Crippen molar-refractivity contribution in [3.63, 3.8) is 0 Å². The van der Waals surface area contributed by atoms with Crippen molar-refractivity contribution < 1.29 is 0 Å². The van der Waals surface area contributed by atoms with Gasteiger partial charge in [-0.1, -0.05) is 40.2 Å². The van der Waals surface area contributed by atoms with Crippen LogP contribution in [0.15, 0.2) is 43.0 Å². The van der Waals surface area contributed by atoms with Crippen molar-refractivity contribution in [2.75, 3.05) is 0 Å². The average molecular weight is 251 g/mol. The van der Waals surface area contributed by atoms with Crippen LogP contribution in [0.1, 0.15) is 11.1 Å². The van der Waals surface area contributed by atoms with Gasteiger partial charge in [0, 0.05) is 24.3 Å². The number of benzene rings is 1. The first-order valence-electron chi connectivity index (χ1n) is 4.48. The summed E-state index contributed by atoms with van der Waals surface area (Å²) < 4.78 is 2.07. The molecule has 0 fully saturated rings. The van der Waals surface area contributed by atoms with E-state index in [1.165, 1.54) is 11.1 Å². The van der Waals surface area contributed by atoms with Gasteiger partial charge in [-0.05, 0) is 11.1 Å². The number of imidazole rings is 1. The minimum absolute atomic E-state index is 0.891. The molecule has 0 spiro atoms. The Labute approximate surface area is 91.7 Å². The molecule has 14 heavy (non-hydrogen) atoms. The maximum Gasteiger partial charge on any atom is 0.0949 e. The van der Waals surface area contributed by atoms with E-state index in [1.54, 1.807) is 6.20 Å². The lowest BCUT2D eigenvalue weighted by molar-refractivity contribution is 0.791. The minimum Gasteiger partial charge on any atom is -0.333 e.